The number of fused-ring (bicyclic) bond motifs is 2. The van der Waals surface area contributed by atoms with E-state index >= 15 is 0 Å². The second-order valence-electron chi connectivity index (χ2n) is 5.68. The molecule has 0 radical (unpaired) electrons. The first-order valence-corrected chi connectivity index (χ1v) is 6.07. The fraction of sp³-hybridized carbons (Fsp3) is 0.923. The molecule has 80 valence electrons. The highest BCUT2D eigenvalue weighted by Gasteiger charge is 2.55. The number of aliphatic imine (C=N–C) groups is 1. The van der Waals surface area contributed by atoms with E-state index in [-0.39, 0.29) is 0 Å². The summed E-state index contributed by atoms with van der Waals surface area (Å²) in [4.78, 5) is 4.58. The summed E-state index contributed by atoms with van der Waals surface area (Å²) in [6.45, 7) is 7.15. The molecule has 0 aromatic heterocycles. The predicted molar refractivity (Wildman–Crippen MR) is 61.8 cm³/mol. The van der Waals surface area contributed by atoms with Crippen LogP contribution in [0.25, 0.3) is 0 Å². The molecular formula is C13H23N. The van der Waals surface area contributed by atoms with Crippen LogP contribution in [-0.2, 0) is 0 Å². The summed E-state index contributed by atoms with van der Waals surface area (Å²) in [6, 6.07) is 0. The molecule has 1 heteroatoms. The summed E-state index contributed by atoms with van der Waals surface area (Å²) < 4.78 is 0. The van der Waals surface area contributed by atoms with E-state index < -0.39 is 0 Å². The van der Waals surface area contributed by atoms with Crippen LogP contribution < -0.4 is 0 Å². The van der Waals surface area contributed by atoms with E-state index in [1.54, 1.807) is 5.71 Å². The minimum absolute atomic E-state index is 0.555. The lowest BCUT2D eigenvalue weighted by Gasteiger charge is -2.59. The molecule has 0 unspecified atom stereocenters. The normalized spacial score (nSPS) is 42.3. The zero-order valence-electron chi connectivity index (χ0n) is 10.0. The molecule has 3 aliphatic rings. The predicted octanol–water partition coefficient (Wildman–Crippen LogP) is 3.54. The Morgan fingerprint density at radius 1 is 1.36 bits per heavy atom. The lowest BCUT2D eigenvalue weighted by atomic mass is 9.45. The third kappa shape index (κ3) is 1.24. The summed E-state index contributed by atoms with van der Waals surface area (Å²) in [7, 11) is 1.99. The molecule has 0 aromatic carbocycles. The van der Waals surface area contributed by atoms with Crippen molar-refractivity contribution in [3.05, 3.63) is 0 Å². The van der Waals surface area contributed by atoms with Crippen molar-refractivity contribution in [1.82, 2.24) is 0 Å². The lowest BCUT2D eigenvalue weighted by Crippen LogP contribution is -2.56. The number of hydrogen-bond donors (Lipinski definition) is 0. The van der Waals surface area contributed by atoms with Gasteiger partial charge in [-0.25, -0.2) is 0 Å². The molecule has 3 aliphatic carbocycles. The van der Waals surface area contributed by atoms with Crippen molar-refractivity contribution in [2.45, 2.75) is 46.5 Å². The number of rotatable bonds is 2. The van der Waals surface area contributed by atoms with E-state index in [1.807, 2.05) is 7.05 Å². The molecular weight excluding hydrogens is 170 g/mol. The molecule has 3 atom stereocenters. The topological polar surface area (TPSA) is 12.4 Å². The van der Waals surface area contributed by atoms with E-state index in [0.717, 1.165) is 17.8 Å². The number of hydrogen-bond acceptors (Lipinski definition) is 1. The molecule has 0 spiro atoms. The van der Waals surface area contributed by atoms with Gasteiger partial charge in [0, 0.05) is 18.7 Å². The first-order valence-electron chi connectivity index (χ1n) is 6.07. The van der Waals surface area contributed by atoms with Crippen molar-refractivity contribution in [3.63, 3.8) is 0 Å². The van der Waals surface area contributed by atoms with Gasteiger partial charge in [-0.15, -0.1) is 0 Å². The minimum Gasteiger partial charge on any atom is -0.297 e. The molecule has 0 saturated heterocycles. The van der Waals surface area contributed by atoms with E-state index in [0.29, 0.717) is 5.41 Å². The van der Waals surface area contributed by atoms with E-state index in [2.05, 4.69) is 25.8 Å². The Hall–Kier alpha value is -0.330. The molecule has 0 aliphatic heterocycles. The largest absolute Gasteiger partial charge is 0.297 e. The van der Waals surface area contributed by atoms with Gasteiger partial charge in [-0.2, -0.15) is 0 Å². The Bertz CT molecular complexity index is 252. The quantitative estimate of drug-likeness (QED) is 0.636. The van der Waals surface area contributed by atoms with Crippen LogP contribution in [0.1, 0.15) is 46.5 Å². The van der Waals surface area contributed by atoms with Crippen LogP contribution in [0.5, 0.6) is 0 Å². The summed E-state index contributed by atoms with van der Waals surface area (Å²) in [5, 5.41) is 0. The van der Waals surface area contributed by atoms with Gasteiger partial charge in [0.1, 0.15) is 0 Å². The zero-order valence-corrected chi connectivity index (χ0v) is 10.0. The second kappa shape index (κ2) is 3.36. The van der Waals surface area contributed by atoms with Crippen molar-refractivity contribution < 1.29 is 0 Å². The average molecular weight is 193 g/mol. The second-order valence-corrected chi connectivity index (χ2v) is 5.68. The van der Waals surface area contributed by atoms with Crippen molar-refractivity contribution >= 4 is 5.71 Å². The van der Waals surface area contributed by atoms with Crippen LogP contribution in [0, 0.1) is 23.2 Å². The molecule has 14 heavy (non-hydrogen) atoms. The fourth-order valence-corrected chi connectivity index (χ4v) is 3.62. The van der Waals surface area contributed by atoms with Crippen molar-refractivity contribution in [3.8, 4) is 0 Å². The maximum absolute atomic E-state index is 4.58. The minimum atomic E-state index is 0.555. The van der Waals surface area contributed by atoms with Gasteiger partial charge in [-0.3, -0.25) is 4.99 Å². The molecule has 0 heterocycles. The van der Waals surface area contributed by atoms with Crippen LogP contribution in [0.4, 0.5) is 0 Å². The fourth-order valence-electron chi connectivity index (χ4n) is 3.62. The highest BCUT2D eigenvalue weighted by atomic mass is 14.8. The third-order valence-corrected chi connectivity index (χ3v) is 4.71. The Labute approximate surface area is 88.0 Å². The molecule has 0 N–H and O–H groups in total. The lowest BCUT2D eigenvalue weighted by molar-refractivity contribution is -0.0147. The monoisotopic (exact) mass is 193 g/mol. The maximum Gasteiger partial charge on any atom is 0.0276 e. The van der Waals surface area contributed by atoms with Gasteiger partial charge in [-0.1, -0.05) is 27.2 Å². The maximum atomic E-state index is 4.58. The van der Waals surface area contributed by atoms with Crippen LogP contribution in [0.2, 0.25) is 0 Å². The third-order valence-electron chi connectivity index (χ3n) is 4.71. The SMILES string of the molecule is CCC[C@H]1C[C@@H]2C[C@H](C1=NC)C2(C)C. The Morgan fingerprint density at radius 3 is 2.57 bits per heavy atom. The molecule has 3 fully saturated rings. The van der Waals surface area contributed by atoms with E-state index in [1.165, 1.54) is 25.7 Å². The highest BCUT2D eigenvalue weighted by Crippen LogP contribution is 2.59. The molecule has 0 aromatic rings. The smallest absolute Gasteiger partial charge is 0.0276 e. The van der Waals surface area contributed by atoms with Crippen molar-refractivity contribution in [2.75, 3.05) is 7.05 Å². The van der Waals surface area contributed by atoms with Gasteiger partial charge < -0.3 is 0 Å². The van der Waals surface area contributed by atoms with Gasteiger partial charge in [-0.05, 0) is 36.5 Å². The first-order chi connectivity index (χ1) is 6.61. The highest BCUT2D eigenvalue weighted by molar-refractivity contribution is 5.91. The van der Waals surface area contributed by atoms with Crippen LogP contribution in [0.15, 0.2) is 4.99 Å². The Morgan fingerprint density at radius 2 is 2.07 bits per heavy atom. The summed E-state index contributed by atoms with van der Waals surface area (Å²) in [5.41, 5.74) is 2.10. The molecule has 3 saturated carbocycles. The van der Waals surface area contributed by atoms with Gasteiger partial charge in [0.15, 0.2) is 0 Å². The first kappa shape index (κ1) is 10.2. The summed E-state index contributed by atoms with van der Waals surface area (Å²) in [6.07, 6.45) is 5.49. The van der Waals surface area contributed by atoms with Gasteiger partial charge in [0.2, 0.25) is 0 Å². The van der Waals surface area contributed by atoms with E-state index in [4.69, 9.17) is 0 Å². The summed E-state index contributed by atoms with van der Waals surface area (Å²) in [5.74, 6) is 2.61. The Kier molecular flexibility index (Phi) is 2.45. The van der Waals surface area contributed by atoms with Crippen LogP contribution in [-0.4, -0.2) is 12.8 Å². The molecule has 0 amide bonds. The molecule has 1 nitrogen and oxygen atoms in total. The average Bonchev–Trinajstić information content (AvgIpc) is 2.17. The molecule has 2 bridgehead atoms. The zero-order chi connectivity index (χ0) is 10.3. The number of nitrogens with zero attached hydrogens (tertiary/aromatic N) is 1. The Balaban J connectivity index is 2.15. The van der Waals surface area contributed by atoms with Gasteiger partial charge >= 0.3 is 0 Å². The van der Waals surface area contributed by atoms with E-state index in [9.17, 15) is 0 Å². The molecule has 3 rings (SSSR count). The summed E-state index contributed by atoms with van der Waals surface area (Å²) >= 11 is 0. The standard InChI is InChI=1S/C13H23N/c1-5-6-9-7-10-8-11(12(9)14-4)13(10,2)3/h9-11H,5-8H2,1-4H3/t9-,10+,11+/m0/s1. The van der Waals surface area contributed by atoms with Crippen LogP contribution in [0.3, 0.4) is 0 Å². The van der Waals surface area contributed by atoms with Crippen molar-refractivity contribution in [1.29, 1.82) is 0 Å². The van der Waals surface area contributed by atoms with Gasteiger partial charge in [0.25, 0.3) is 0 Å². The van der Waals surface area contributed by atoms with Gasteiger partial charge in [0.05, 0.1) is 0 Å². The van der Waals surface area contributed by atoms with Crippen molar-refractivity contribution in [2.24, 2.45) is 28.2 Å². The van der Waals surface area contributed by atoms with Crippen LogP contribution >= 0.6 is 0 Å².